The van der Waals surface area contributed by atoms with E-state index < -0.39 is 37.5 Å². The molecule has 0 aromatic heterocycles. The van der Waals surface area contributed by atoms with Gasteiger partial charge in [-0.3, -0.25) is 0 Å². The molecule has 0 unspecified atom stereocenters. The Bertz CT molecular complexity index is 1350. The molecule has 0 bridgehead atoms. The van der Waals surface area contributed by atoms with Crippen molar-refractivity contribution in [3.8, 4) is 5.75 Å². The van der Waals surface area contributed by atoms with Crippen molar-refractivity contribution in [2.45, 2.75) is 60.4 Å². The van der Waals surface area contributed by atoms with Gasteiger partial charge in [0.1, 0.15) is 11.4 Å². The van der Waals surface area contributed by atoms with Crippen molar-refractivity contribution < 1.29 is 39.5 Å². The summed E-state index contributed by atoms with van der Waals surface area (Å²) in [5.41, 5.74) is -5.25. The first-order valence-corrected chi connectivity index (χ1v) is 14.5. The maximum Gasteiger partial charge on any atom is 0.524 e. The minimum Gasteiger partial charge on any atom is -0.482 e. The molecule has 11 heteroatoms. The molecular weight excluding hydrogens is 541 g/mol. The summed E-state index contributed by atoms with van der Waals surface area (Å²) >= 11 is 0. The minimum atomic E-state index is -6.04. The highest BCUT2D eigenvalue weighted by molar-refractivity contribution is 8.33. The van der Waals surface area contributed by atoms with Crippen LogP contribution in [0.25, 0.3) is 0 Å². The topological polar surface area (TPSA) is 78.9 Å². The molecule has 0 N–H and O–H groups in total. The fourth-order valence-corrected chi connectivity index (χ4v) is 8.79. The molecule has 0 saturated carbocycles. The molecule has 0 amide bonds. The van der Waals surface area contributed by atoms with E-state index in [2.05, 4.69) is 0 Å². The van der Waals surface area contributed by atoms with Crippen LogP contribution in [-0.2, 0) is 23.3 Å². The molecule has 6 nitrogen and oxygen atoms in total. The van der Waals surface area contributed by atoms with E-state index in [1.54, 1.807) is 83.1 Å². The quantitative estimate of drug-likeness (QED) is 0.213. The summed E-state index contributed by atoms with van der Waals surface area (Å²) in [5.74, 6) is -0.359. The van der Waals surface area contributed by atoms with Gasteiger partial charge < -0.3 is 9.47 Å². The van der Waals surface area contributed by atoms with Crippen molar-refractivity contribution >= 4 is 26.4 Å². The zero-order valence-corrected chi connectivity index (χ0v) is 23.2. The molecule has 0 aliphatic heterocycles. The van der Waals surface area contributed by atoms with Crippen LogP contribution < -0.4 is 4.74 Å². The molecule has 0 aliphatic carbocycles. The highest BCUT2D eigenvalue weighted by Crippen LogP contribution is 2.72. The van der Waals surface area contributed by atoms with Crippen LogP contribution >= 0.6 is 10.3 Å². The summed E-state index contributed by atoms with van der Waals surface area (Å²) in [7, 11) is -9.50. The van der Waals surface area contributed by atoms with E-state index in [9.17, 15) is 26.4 Å². The molecule has 0 fully saturated rings. The summed E-state index contributed by atoms with van der Waals surface area (Å²) in [6.07, 6.45) is 0. The lowest BCUT2D eigenvalue weighted by atomic mass is 10.2. The second-order valence-electron chi connectivity index (χ2n) is 9.40. The van der Waals surface area contributed by atoms with Gasteiger partial charge in [-0.1, -0.05) is 36.4 Å². The van der Waals surface area contributed by atoms with Crippen LogP contribution in [0.2, 0.25) is 0 Å². The van der Waals surface area contributed by atoms with Gasteiger partial charge in [0.2, 0.25) is 0 Å². The number of rotatable bonds is 8. The normalized spacial score (nSPS) is 13.2. The molecule has 0 saturated heterocycles. The predicted molar refractivity (Wildman–Crippen MR) is 139 cm³/mol. The van der Waals surface area contributed by atoms with Gasteiger partial charge in [-0.25, -0.2) is 4.79 Å². The third-order valence-electron chi connectivity index (χ3n) is 5.21. The Hall–Kier alpha value is -3.02. The molecule has 3 aromatic carbocycles. The maximum atomic E-state index is 13.7. The van der Waals surface area contributed by atoms with Crippen molar-refractivity contribution in [2.24, 2.45) is 0 Å². The zero-order valence-electron chi connectivity index (χ0n) is 21.5. The van der Waals surface area contributed by atoms with Gasteiger partial charge in [-0.15, -0.1) is 0 Å². The molecule has 3 rings (SSSR count). The highest BCUT2D eigenvalue weighted by atomic mass is 32.3. The van der Waals surface area contributed by atoms with E-state index in [1.165, 1.54) is 24.3 Å². The fourth-order valence-electron chi connectivity index (χ4n) is 3.66. The van der Waals surface area contributed by atoms with Crippen LogP contribution in [0.4, 0.5) is 13.2 Å². The summed E-state index contributed by atoms with van der Waals surface area (Å²) < 4.78 is 82.3. The van der Waals surface area contributed by atoms with Gasteiger partial charge in [-0.05, 0) is 92.5 Å². The predicted octanol–water partition coefficient (Wildman–Crippen LogP) is 7.09. The van der Waals surface area contributed by atoms with Crippen LogP contribution in [0.5, 0.6) is 5.75 Å². The number of carbonyl (C=O) groups is 1. The molecule has 0 aliphatic rings. The van der Waals surface area contributed by atoms with Gasteiger partial charge in [-0.2, -0.15) is 25.2 Å². The van der Waals surface area contributed by atoms with Gasteiger partial charge in [0.05, 0.1) is 0 Å². The Balaban J connectivity index is 2.19. The van der Waals surface area contributed by atoms with Gasteiger partial charge in [0, 0.05) is 14.7 Å². The van der Waals surface area contributed by atoms with Crippen LogP contribution in [0.1, 0.15) is 31.9 Å². The highest BCUT2D eigenvalue weighted by Gasteiger charge is 2.53. The average molecular weight is 571 g/mol. The molecule has 0 atom stereocenters. The Morgan fingerprint density at radius 3 is 1.68 bits per heavy atom. The number of esters is 1. The monoisotopic (exact) mass is 570 g/mol. The molecule has 38 heavy (non-hydrogen) atoms. The number of hydrogen-bond acceptors (Lipinski definition) is 6. The third-order valence-corrected chi connectivity index (χ3v) is 10.4. The van der Waals surface area contributed by atoms with Gasteiger partial charge in [0.25, 0.3) is 0 Å². The number of benzene rings is 3. The Kier molecular flexibility index (Phi) is 8.55. The second-order valence-corrected chi connectivity index (χ2v) is 13.8. The largest absolute Gasteiger partial charge is 0.524 e. The standard InChI is InChI=1S/C27H29F3O6S2/c1-19-10-6-8-12-23(19)37(24-13-9-7-11-20(24)2,36-38(32,33)27(28,29)30)22-16-14-21(15-17-22)34-18-25(31)35-26(3,4)5/h6-17H,18H2,1-5H3. The lowest BCUT2D eigenvalue weighted by molar-refractivity contribution is -0.157. The summed E-state index contributed by atoms with van der Waals surface area (Å²) in [6, 6.07) is 18.9. The zero-order chi connectivity index (χ0) is 28.4. The van der Waals surface area contributed by atoms with E-state index in [0.29, 0.717) is 20.9 Å². The van der Waals surface area contributed by atoms with Crippen molar-refractivity contribution in [3.05, 3.63) is 83.9 Å². The average Bonchev–Trinajstić information content (AvgIpc) is 2.81. The molecule has 0 spiro atoms. The van der Waals surface area contributed by atoms with Crippen molar-refractivity contribution in [3.63, 3.8) is 0 Å². The van der Waals surface area contributed by atoms with E-state index in [1.807, 2.05) is 0 Å². The molecule has 0 radical (unpaired) electrons. The summed E-state index contributed by atoms with van der Waals surface area (Å²) in [5, 5.41) is 0. The van der Waals surface area contributed by atoms with E-state index in [-0.39, 0.29) is 17.3 Å². The molecule has 3 aromatic rings. The first-order valence-electron chi connectivity index (χ1n) is 11.5. The van der Waals surface area contributed by atoms with Crippen LogP contribution in [-0.4, -0.2) is 32.1 Å². The van der Waals surface area contributed by atoms with Crippen LogP contribution in [0.3, 0.4) is 0 Å². The Morgan fingerprint density at radius 1 is 0.789 bits per heavy atom. The number of aryl methyl sites for hydroxylation is 2. The smallest absolute Gasteiger partial charge is 0.482 e. The first-order chi connectivity index (χ1) is 17.6. The maximum absolute atomic E-state index is 13.7. The van der Waals surface area contributed by atoms with Crippen LogP contribution in [0, 0.1) is 13.8 Å². The number of ether oxygens (including phenoxy) is 2. The van der Waals surface area contributed by atoms with E-state index in [0.717, 1.165) is 0 Å². The fraction of sp³-hybridized carbons (Fsp3) is 0.296. The van der Waals surface area contributed by atoms with Gasteiger partial charge in [0.15, 0.2) is 6.61 Å². The number of alkyl halides is 3. The second kappa shape index (κ2) is 11.0. The van der Waals surface area contributed by atoms with Crippen molar-refractivity contribution in [1.82, 2.24) is 0 Å². The lowest BCUT2D eigenvalue weighted by Gasteiger charge is -2.41. The van der Waals surface area contributed by atoms with Crippen molar-refractivity contribution in [2.75, 3.05) is 6.61 Å². The third kappa shape index (κ3) is 6.51. The first kappa shape index (κ1) is 29.5. The molecule has 206 valence electrons. The Morgan fingerprint density at radius 2 is 1.26 bits per heavy atom. The molecular formula is C27H29F3O6S2. The summed E-state index contributed by atoms with van der Waals surface area (Å²) in [6.45, 7) is 8.12. The van der Waals surface area contributed by atoms with E-state index >= 15 is 0 Å². The lowest BCUT2D eigenvalue weighted by Crippen LogP contribution is -2.28. The molecule has 0 heterocycles. The van der Waals surface area contributed by atoms with E-state index in [4.69, 9.17) is 13.1 Å². The van der Waals surface area contributed by atoms with Gasteiger partial charge >= 0.3 is 21.6 Å². The minimum absolute atomic E-state index is 0.193. The van der Waals surface area contributed by atoms with Crippen LogP contribution in [0.15, 0.2) is 87.5 Å². The number of hydrogen-bond donors (Lipinski definition) is 0. The SMILES string of the molecule is Cc1ccccc1S(OS(=O)(=O)C(F)(F)F)(c1ccc(OCC(=O)OC(C)(C)C)cc1)c1ccccc1C. The number of halogens is 3. The number of carbonyl (C=O) groups excluding carboxylic acids is 1. The van der Waals surface area contributed by atoms with Crippen molar-refractivity contribution in [1.29, 1.82) is 0 Å². The Labute approximate surface area is 222 Å². The summed E-state index contributed by atoms with van der Waals surface area (Å²) in [4.78, 5) is 12.8.